The van der Waals surface area contributed by atoms with Gasteiger partial charge in [0.05, 0.1) is 37.9 Å². The second kappa shape index (κ2) is 8.12. The van der Waals surface area contributed by atoms with Crippen molar-refractivity contribution in [3.05, 3.63) is 66.0 Å². The van der Waals surface area contributed by atoms with Gasteiger partial charge in [-0.15, -0.1) is 0 Å². The van der Waals surface area contributed by atoms with Crippen LogP contribution in [0.5, 0.6) is 0 Å². The van der Waals surface area contributed by atoms with Crippen molar-refractivity contribution < 1.29 is 14.1 Å². The number of rotatable bonds is 5. The van der Waals surface area contributed by atoms with Crippen LogP contribution >= 0.6 is 0 Å². The van der Waals surface area contributed by atoms with Crippen LogP contribution in [-0.4, -0.2) is 38.6 Å². The van der Waals surface area contributed by atoms with Crippen LogP contribution < -0.4 is 15.1 Å². The van der Waals surface area contributed by atoms with Gasteiger partial charge in [-0.05, 0) is 24.6 Å². The third-order valence-corrected chi connectivity index (χ3v) is 4.75. The predicted octanol–water partition coefficient (Wildman–Crippen LogP) is 1.41. The van der Waals surface area contributed by atoms with Gasteiger partial charge in [0.15, 0.2) is 6.54 Å². The van der Waals surface area contributed by atoms with E-state index in [4.69, 9.17) is 0 Å². The van der Waals surface area contributed by atoms with Crippen LogP contribution in [0.25, 0.3) is 0 Å². The molecule has 25 heavy (non-hydrogen) atoms. The molecule has 1 amide bonds. The summed E-state index contributed by atoms with van der Waals surface area (Å²) in [4.78, 5) is 15.6. The number of hydrogen-bond donors (Lipinski definition) is 2. The summed E-state index contributed by atoms with van der Waals surface area (Å²) < 4.78 is 13.9. The highest BCUT2D eigenvalue weighted by atomic mass is 19.1. The number of para-hydroxylation sites is 1. The number of piperazine rings is 1. The minimum atomic E-state index is -0.180. The van der Waals surface area contributed by atoms with Crippen molar-refractivity contribution in [2.75, 3.05) is 37.6 Å². The van der Waals surface area contributed by atoms with Crippen molar-refractivity contribution in [2.45, 2.75) is 13.0 Å². The molecule has 1 heterocycles. The molecule has 2 aromatic carbocycles. The minimum absolute atomic E-state index is 0.00723. The Balaban J connectivity index is 1.47. The summed E-state index contributed by atoms with van der Waals surface area (Å²) in [6.45, 7) is 5.65. The monoisotopic (exact) mass is 342 g/mol. The van der Waals surface area contributed by atoms with Crippen LogP contribution in [-0.2, 0) is 4.79 Å². The number of carbonyl (C=O) groups is 1. The number of nitrogens with one attached hydrogen (secondary N) is 2. The molecule has 2 aromatic rings. The Hall–Kier alpha value is -2.40. The molecule has 0 aromatic heterocycles. The van der Waals surface area contributed by atoms with Crippen LogP contribution in [0.2, 0.25) is 0 Å². The van der Waals surface area contributed by atoms with E-state index in [1.165, 1.54) is 11.0 Å². The number of benzene rings is 2. The maximum absolute atomic E-state index is 13.9. The molecule has 4 nitrogen and oxygen atoms in total. The SMILES string of the molecule is C[C@@H](NC(=O)C[NH+]1CCN(c2ccccc2F)CC1)c1ccccc1. The summed E-state index contributed by atoms with van der Waals surface area (Å²) >= 11 is 0. The normalized spacial score (nSPS) is 16.5. The van der Waals surface area contributed by atoms with Crippen LogP contribution in [0.15, 0.2) is 54.6 Å². The lowest BCUT2D eigenvalue weighted by Crippen LogP contribution is -3.16. The number of carbonyl (C=O) groups excluding carboxylic acids is 1. The molecule has 0 bridgehead atoms. The molecule has 1 atom stereocenters. The predicted molar refractivity (Wildman–Crippen MR) is 97.2 cm³/mol. The van der Waals surface area contributed by atoms with Gasteiger partial charge in [-0.3, -0.25) is 4.79 Å². The molecular weight excluding hydrogens is 317 g/mol. The lowest BCUT2D eigenvalue weighted by molar-refractivity contribution is -0.892. The van der Waals surface area contributed by atoms with Gasteiger partial charge in [0.1, 0.15) is 5.82 Å². The van der Waals surface area contributed by atoms with Crippen LogP contribution in [0.4, 0.5) is 10.1 Å². The quantitative estimate of drug-likeness (QED) is 0.862. The van der Waals surface area contributed by atoms with E-state index < -0.39 is 0 Å². The van der Waals surface area contributed by atoms with E-state index in [1.807, 2.05) is 49.4 Å². The lowest BCUT2D eigenvalue weighted by Gasteiger charge is -2.33. The highest BCUT2D eigenvalue weighted by Crippen LogP contribution is 2.18. The van der Waals surface area contributed by atoms with Crippen molar-refractivity contribution in [3.8, 4) is 0 Å². The van der Waals surface area contributed by atoms with Crippen molar-refractivity contribution >= 4 is 11.6 Å². The molecule has 0 saturated carbocycles. The molecule has 1 aliphatic rings. The smallest absolute Gasteiger partial charge is 0.275 e. The van der Waals surface area contributed by atoms with Crippen molar-refractivity contribution in [1.29, 1.82) is 0 Å². The topological polar surface area (TPSA) is 36.8 Å². The van der Waals surface area contributed by atoms with Gasteiger partial charge in [0, 0.05) is 0 Å². The van der Waals surface area contributed by atoms with Gasteiger partial charge in [0.25, 0.3) is 5.91 Å². The fourth-order valence-electron chi connectivity index (χ4n) is 3.29. The Labute approximate surface area is 148 Å². The Morgan fingerprint density at radius 1 is 1.12 bits per heavy atom. The summed E-state index contributed by atoms with van der Waals surface area (Å²) in [5.74, 6) is -0.119. The Kier molecular flexibility index (Phi) is 5.66. The van der Waals surface area contributed by atoms with E-state index in [-0.39, 0.29) is 17.8 Å². The van der Waals surface area contributed by atoms with Gasteiger partial charge < -0.3 is 15.1 Å². The summed E-state index contributed by atoms with van der Waals surface area (Å²) in [5, 5.41) is 3.06. The second-order valence-electron chi connectivity index (χ2n) is 6.57. The second-order valence-corrected chi connectivity index (χ2v) is 6.57. The first-order chi connectivity index (χ1) is 12.1. The summed E-state index contributed by atoms with van der Waals surface area (Å²) in [7, 11) is 0. The number of quaternary nitrogens is 1. The zero-order valence-corrected chi connectivity index (χ0v) is 14.5. The fourth-order valence-corrected chi connectivity index (χ4v) is 3.29. The maximum Gasteiger partial charge on any atom is 0.275 e. The zero-order chi connectivity index (χ0) is 17.6. The van der Waals surface area contributed by atoms with Crippen LogP contribution in [0, 0.1) is 5.82 Å². The standard InChI is InChI=1S/C20H24FN3O/c1-16(17-7-3-2-4-8-17)22-20(25)15-23-11-13-24(14-12-23)19-10-6-5-9-18(19)21/h2-10,16H,11-15H2,1H3,(H,22,25)/p+1/t16-/m1/s1. The Morgan fingerprint density at radius 3 is 2.44 bits per heavy atom. The number of hydrogen-bond acceptors (Lipinski definition) is 2. The first-order valence-electron chi connectivity index (χ1n) is 8.81. The van der Waals surface area contributed by atoms with Gasteiger partial charge in [-0.1, -0.05) is 42.5 Å². The van der Waals surface area contributed by atoms with E-state index in [9.17, 15) is 9.18 Å². The van der Waals surface area contributed by atoms with Gasteiger partial charge >= 0.3 is 0 Å². The molecule has 1 fully saturated rings. The third kappa shape index (κ3) is 4.57. The van der Waals surface area contributed by atoms with Crippen molar-refractivity contribution in [3.63, 3.8) is 0 Å². The molecule has 0 unspecified atom stereocenters. The lowest BCUT2D eigenvalue weighted by atomic mass is 10.1. The molecule has 2 N–H and O–H groups in total. The molecule has 5 heteroatoms. The first kappa shape index (κ1) is 17.4. The van der Waals surface area contributed by atoms with Crippen molar-refractivity contribution in [2.24, 2.45) is 0 Å². The molecule has 1 saturated heterocycles. The largest absolute Gasteiger partial charge is 0.358 e. The van der Waals surface area contributed by atoms with E-state index >= 15 is 0 Å². The van der Waals surface area contributed by atoms with E-state index in [2.05, 4.69) is 10.2 Å². The number of nitrogens with zero attached hydrogens (tertiary/aromatic N) is 1. The first-order valence-corrected chi connectivity index (χ1v) is 8.81. The van der Waals surface area contributed by atoms with E-state index in [0.717, 1.165) is 31.7 Å². The number of halogens is 1. The van der Waals surface area contributed by atoms with E-state index in [1.54, 1.807) is 6.07 Å². The molecule has 0 radical (unpaired) electrons. The van der Waals surface area contributed by atoms with Crippen molar-refractivity contribution in [1.82, 2.24) is 5.32 Å². The fraction of sp³-hybridized carbons (Fsp3) is 0.350. The van der Waals surface area contributed by atoms with Crippen LogP contribution in [0.3, 0.4) is 0 Å². The van der Waals surface area contributed by atoms with Gasteiger partial charge in [0.2, 0.25) is 0 Å². The summed E-state index contributed by atoms with van der Waals surface area (Å²) in [6.07, 6.45) is 0. The number of anilines is 1. The number of amides is 1. The van der Waals surface area contributed by atoms with Crippen LogP contribution in [0.1, 0.15) is 18.5 Å². The highest BCUT2D eigenvalue weighted by molar-refractivity contribution is 5.77. The molecule has 1 aliphatic heterocycles. The Bertz CT molecular complexity index is 699. The molecular formula is C20H25FN3O+. The molecule has 132 valence electrons. The van der Waals surface area contributed by atoms with E-state index in [0.29, 0.717) is 12.2 Å². The minimum Gasteiger partial charge on any atom is -0.358 e. The highest BCUT2D eigenvalue weighted by Gasteiger charge is 2.24. The third-order valence-electron chi connectivity index (χ3n) is 4.75. The van der Waals surface area contributed by atoms with Gasteiger partial charge in [-0.2, -0.15) is 0 Å². The average molecular weight is 342 g/mol. The maximum atomic E-state index is 13.9. The molecule has 3 rings (SSSR count). The Morgan fingerprint density at radius 2 is 1.76 bits per heavy atom. The molecule has 0 aliphatic carbocycles. The summed E-state index contributed by atoms with van der Waals surface area (Å²) in [6, 6.07) is 16.8. The average Bonchev–Trinajstić information content (AvgIpc) is 2.63. The molecule has 0 spiro atoms. The van der Waals surface area contributed by atoms with Gasteiger partial charge in [-0.25, -0.2) is 4.39 Å². The summed E-state index contributed by atoms with van der Waals surface area (Å²) in [5.41, 5.74) is 1.76. The zero-order valence-electron chi connectivity index (χ0n) is 14.5.